The number of nitrogens with zero attached hydrogens (tertiary/aromatic N) is 4. The Morgan fingerprint density at radius 3 is 2.45 bits per heavy atom. The van der Waals surface area contributed by atoms with Crippen LogP contribution in [0.3, 0.4) is 0 Å². The molecular weight excluding hydrogens is 456 g/mol. The number of rotatable bonds is 7. The third-order valence-corrected chi connectivity index (χ3v) is 6.53. The molecule has 4 aromatic rings. The Hall–Kier alpha value is -3.03. The summed E-state index contributed by atoms with van der Waals surface area (Å²) < 4.78 is 5.80. The van der Waals surface area contributed by atoms with Crippen LogP contribution in [0.15, 0.2) is 58.3 Å². The van der Waals surface area contributed by atoms with Crippen molar-refractivity contribution >= 4 is 28.8 Å². The zero-order chi connectivity index (χ0) is 23.5. The van der Waals surface area contributed by atoms with Crippen LogP contribution in [0.1, 0.15) is 55.6 Å². The highest BCUT2D eigenvalue weighted by molar-refractivity contribution is 7.13. The van der Waals surface area contributed by atoms with Gasteiger partial charge in [0.2, 0.25) is 11.8 Å². The Labute approximate surface area is 202 Å². The standard InChI is InChI=1S/C25H25ClN4O2S/c1-15(2)17-9-11-18(12-10-17)24-27-21(14-33-24)25(31)30(16(3)4)13-22-28-29-23(32-22)19-7-5-6-8-20(19)26/h5-12,14-16H,13H2,1-4H3. The van der Waals surface area contributed by atoms with E-state index in [0.717, 1.165) is 10.6 Å². The highest BCUT2D eigenvalue weighted by Gasteiger charge is 2.24. The molecule has 2 aromatic heterocycles. The molecule has 0 atom stereocenters. The van der Waals surface area contributed by atoms with Crippen molar-refractivity contribution in [2.24, 2.45) is 0 Å². The molecule has 8 heteroatoms. The first-order valence-electron chi connectivity index (χ1n) is 10.8. The zero-order valence-electron chi connectivity index (χ0n) is 18.9. The molecule has 0 bridgehead atoms. The number of aromatic nitrogens is 3. The quantitative estimate of drug-likeness (QED) is 0.294. The summed E-state index contributed by atoms with van der Waals surface area (Å²) in [5, 5.41) is 11.4. The number of amides is 1. The predicted octanol–water partition coefficient (Wildman–Crippen LogP) is 6.69. The molecule has 4 rings (SSSR count). The van der Waals surface area contributed by atoms with Crippen molar-refractivity contribution in [3.8, 4) is 22.0 Å². The lowest BCUT2D eigenvalue weighted by atomic mass is 10.0. The Kier molecular flexibility index (Phi) is 6.91. The minimum atomic E-state index is -0.177. The maximum Gasteiger partial charge on any atom is 0.274 e. The van der Waals surface area contributed by atoms with Crippen LogP contribution in [0.2, 0.25) is 5.02 Å². The fraction of sp³-hybridized carbons (Fsp3) is 0.280. The highest BCUT2D eigenvalue weighted by Crippen LogP contribution is 2.28. The average molecular weight is 481 g/mol. The van der Waals surface area contributed by atoms with Crippen molar-refractivity contribution in [3.63, 3.8) is 0 Å². The van der Waals surface area contributed by atoms with Crippen molar-refractivity contribution in [2.75, 3.05) is 0 Å². The van der Waals surface area contributed by atoms with Crippen molar-refractivity contribution in [1.29, 1.82) is 0 Å². The maximum atomic E-state index is 13.3. The molecule has 0 saturated carbocycles. The molecule has 0 saturated heterocycles. The van der Waals surface area contributed by atoms with Gasteiger partial charge in [0, 0.05) is 17.0 Å². The van der Waals surface area contributed by atoms with Gasteiger partial charge in [0.05, 0.1) is 17.1 Å². The number of carbonyl (C=O) groups is 1. The van der Waals surface area contributed by atoms with Gasteiger partial charge >= 0.3 is 0 Å². The van der Waals surface area contributed by atoms with Crippen molar-refractivity contribution in [1.82, 2.24) is 20.1 Å². The van der Waals surface area contributed by atoms with E-state index >= 15 is 0 Å². The molecule has 6 nitrogen and oxygen atoms in total. The van der Waals surface area contributed by atoms with E-state index in [0.29, 0.717) is 34.0 Å². The van der Waals surface area contributed by atoms with Gasteiger partial charge < -0.3 is 9.32 Å². The largest absolute Gasteiger partial charge is 0.419 e. The second kappa shape index (κ2) is 9.85. The highest BCUT2D eigenvalue weighted by atomic mass is 35.5. The van der Waals surface area contributed by atoms with Crippen LogP contribution in [-0.2, 0) is 6.54 Å². The van der Waals surface area contributed by atoms with Gasteiger partial charge in [0.15, 0.2) is 0 Å². The van der Waals surface area contributed by atoms with Gasteiger partial charge in [-0.05, 0) is 37.5 Å². The first-order chi connectivity index (χ1) is 15.8. The second-order valence-corrected chi connectivity index (χ2v) is 9.59. The predicted molar refractivity (Wildman–Crippen MR) is 131 cm³/mol. The second-order valence-electron chi connectivity index (χ2n) is 8.32. The molecule has 2 aromatic carbocycles. The Balaban J connectivity index is 1.52. The van der Waals surface area contributed by atoms with E-state index in [9.17, 15) is 4.79 Å². The zero-order valence-corrected chi connectivity index (χ0v) is 20.5. The fourth-order valence-electron chi connectivity index (χ4n) is 3.36. The van der Waals surface area contributed by atoms with E-state index in [4.69, 9.17) is 16.0 Å². The van der Waals surface area contributed by atoms with Crippen LogP contribution in [-0.4, -0.2) is 32.0 Å². The summed E-state index contributed by atoms with van der Waals surface area (Å²) >= 11 is 7.69. The summed E-state index contributed by atoms with van der Waals surface area (Å²) in [6.45, 7) is 8.40. The van der Waals surface area contributed by atoms with Gasteiger partial charge in [0.1, 0.15) is 10.7 Å². The van der Waals surface area contributed by atoms with Crippen LogP contribution in [0.25, 0.3) is 22.0 Å². The minimum Gasteiger partial charge on any atom is -0.419 e. The molecular formula is C25H25ClN4O2S. The van der Waals surface area contributed by atoms with E-state index in [-0.39, 0.29) is 18.5 Å². The summed E-state index contributed by atoms with van der Waals surface area (Å²) in [7, 11) is 0. The molecule has 0 aliphatic heterocycles. The van der Waals surface area contributed by atoms with Crippen molar-refractivity contribution < 1.29 is 9.21 Å². The number of hydrogen-bond donors (Lipinski definition) is 0. The first-order valence-corrected chi connectivity index (χ1v) is 12.0. The number of hydrogen-bond acceptors (Lipinski definition) is 6. The van der Waals surface area contributed by atoms with Crippen molar-refractivity contribution in [3.05, 3.63) is 76.1 Å². The average Bonchev–Trinajstić information content (AvgIpc) is 3.47. The Bertz CT molecular complexity index is 1250. The molecule has 33 heavy (non-hydrogen) atoms. The molecule has 0 N–H and O–H groups in total. The minimum absolute atomic E-state index is 0.0800. The lowest BCUT2D eigenvalue weighted by Crippen LogP contribution is -2.36. The van der Waals surface area contributed by atoms with Gasteiger partial charge in [-0.1, -0.05) is 61.8 Å². The topological polar surface area (TPSA) is 72.1 Å². The molecule has 0 spiro atoms. The van der Waals surface area contributed by atoms with Gasteiger partial charge in [-0.25, -0.2) is 4.98 Å². The number of halogens is 1. The maximum absolute atomic E-state index is 13.3. The first kappa shape index (κ1) is 23.1. The molecule has 0 radical (unpaired) electrons. The Morgan fingerprint density at radius 1 is 1.06 bits per heavy atom. The summed E-state index contributed by atoms with van der Waals surface area (Å²) in [6.07, 6.45) is 0. The van der Waals surface area contributed by atoms with Crippen LogP contribution in [0.5, 0.6) is 0 Å². The van der Waals surface area contributed by atoms with Gasteiger partial charge in [-0.2, -0.15) is 0 Å². The van der Waals surface area contributed by atoms with E-state index < -0.39 is 0 Å². The number of carbonyl (C=O) groups excluding carboxylic acids is 1. The van der Waals surface area contributed by atoms with E-state index in [1.54, 1.807) is 16.3 Å². The monoisotopic (exact) mass is 480 g/mol. The van der Waals surface area contributed by atoms with Crippen LogP contribution < -0.4 is 0 Å². The summed E-state index contributed by atoms with van der Waals surface area (Å²) in [6, 6.07) is 15.5. The van der Waals surface area contributed by atoms with Crippen LogP contribution in [0, 0.1) is 0 Å². The van der Waals surface area contributed by atoms with Crippen LogP contribution >= 0.6 is 22.9 Å². The smallest absolute Gasteiger partial charge is 0.274 e. The third-order valence-electron chi connectivity index (χ3n) is 5.31. The third kappa shape index (κ3) is 5.15. The summed E-state index contributed by atoms with van der Waals surface area (Å²) in [4.78, 5) is 19.5. The van der Waals surface area contributed by atoms with E-state index in [1.807, 2.05) is 32.0 Å². The van der Waals surface area contributed by atoms with Gasteiger partial charge in [-0.15, -0.1) is 21.5 Å². The summed E-state index contributed by atoms with van der Waals surface area (Å²) in [5.41, 5.74) is 3.34. The fourth-order valence-corrected chi connectivity index (χ4v) is 4.37. The molecule has 0 aliphatic rings. The Morgan fingerprint density at radius 2 is 1.79 bits per heavy atom. The molecule has 2 heterocycles. The lowest BCUT2D eigenvalue weighted by Gasteiger charge is -2.24. The molecule has 170 valence electrons. The summed E-state index contributed by atoms with van der Waals surface area (Å²) in [5.74, 6) is 0.957. The normalized spacial score (nSPS) is 11.4. The van der Waals surface area contributed by atoms with Gasteiger partial charge in [0.25, 0.3) is 5.91 Å². The molecule has 1 amide bonds. The van der Waals surface area contributed by atoms with E-state index in [1.165, 1.54) is 16.9 Å². The van der Waals surface area contributed by atoms with E-state index in [2.05, 4.69) is 53.3 Å². The SMILES string of the molecule is CC(C)c1ccc(-c2nc(C(=O)N(Cc3nnc(-c4ccccc4Cl)o3)C(C)C)cs2)cc1. The molecule has 0 unspecified atom stereocenters. The molecule has 0 fully saturated rings. The number of thiazole rings is 1. The van der Waals surface area contributed by atoms with Gasteiger partial charge in [-0.3, -0.25) is 4.79 Å². The number of benzene rings is 2. The van der Waals surface area contributed by atoms with Crippen molar-refractivity contribution in [2.45, 2.75) is 46.2 Å². The molecule has 0 aliphatic carbocycles. The lowest BCUT2D eigenvalue weighted by molar-refractivity contribution is 0.0667. The van der Waals surface area contributed by atoms with Crippen LogP contribution in [0.4, 0.5) is 0 Å².